The number of ether oxygens (including phenoxy) is 1. The molecule has 2 amide bonds. The highest BCUT2D eigenvalue weighted by Gasteiger charge is 2.10. The molecule has 3 N–H and O–H groups in total. The second-order valence-electron chi connectivity index (χ2n) is 4.88. The van der Waals surface area contributed by atoms with E-state index in [1.807, 2.05) is 0 Å². The summed E-state index contributed by atoms with van der Waals surface area (Å²) in [4.78, 5) is 23.4. The first kappa shape index (κ1) is 16.6. The maximum Gasteiger partial charge on any atom is 0.319 e. The molecule has 1 atom stereocenters. The molecule has 1 unspecified atom stereocenters. The number of aliphatic hydroxyl groups excluding tert-OH is 1. The summed E-state index contributed by atoms with van der Waals surface area (Å²) in [6.45, 7) is 0.122. The van der Waals surface area contributed by atoms with Crippen LogP contribution in [0.1, 0.15) is 0 Å². The Morgan fingerprint density at radius 2 is 2.00 bits per heavy atom. The molecule has 1 aromatic carbocycles. The summed E-state index contributed by atoms with van der Waals surface area (Å²) in [5.74, 6) is 0.541. The van der Waals surface area contributed by atoms with Gasteiger partial charge in [-0.05, 0) is 18.2 Å². The van der Waals surface area contributed by atoms with Gasteiger partial charge in [0.2, 0.25) is 0 Å². The van der Waals surface area contributed by atoms with Crippen LogP contribution in [0.3, 0.4) is 0 Å². The van der Waals surface area contributed by atoms with E-state index in [-0.39, 0.29) is 18.6 Å². The molecule has 7 heteroatoms. The van der Waals surface area contributed by atoms with Crippen LogP contribution in [0.2, 0.25) is 0 Å². The number of rotatable bonds is 6. The number of benzene rings is 1. The number of aromatic nitrogens is 1. The number of anilines is 1. The molecule has 0 spiro atoms. The summed E-state index contributed by atoms with van der Waals surface area (Å²) in [5.41, 5.74) is 0.325. The van der Waals surface area contributed by atoms with Gasteiger partial charge in [-0.1, -0.05) is 18.2 Å². The second-order valence-corrected chi connectivity index (χ2v) is 4.88. The number of nitrogens with one attached hydrogen (secondary N) is 2. The summed E-state index contributed by atoms with van der Waals surface area (Å²) in [5, 5.41) is 15.1. The van der Waals surface area contributed by atoms with Crippen molar-refractivity contribution >= 4 is 11.7 Å². The average molecular weight is 317 g/mol. The van der Waals surface area contributed by atoms with Crippen molar-refractivity contribution in [3.63, 3.8) is 0 Å². The Labute approximate surface area is 133 Å². The predicted octanol–water partition coefficient (Wildman–Crippen LogP) is 1.04. The molecule has 0 radical (unpaired) electrons. The number of carbonyl (C=O) groups is 1. The fourth-order valence-electron chi connectivity index (χ4n) is 2.03. The monoisotopic (exact) mass is 317 g/mol. The van der Waals surface area contributed by atoms with Crippen LogP contribution in [-0.4, -0.2) is 35.5 Å². The molecule has 1 aromatic heterocycles. The van der Waals surface area contributed by atoms with Gasteiger partial charge in [-0.2, -0.15) is 0 Å². The Bertz CT molecular complexity index is 714. The Kier molecular flexibility index (Phi) is 5.76. The van der Waals surface area contributed by atoms with Crippen molar-refractivity contribution in [2.45, 2.75) is 12.6 Å². The van der Waals surface area contributed by atoms with Crippen LogP contribution >= 0.6 is 0 Å². The number of methoxy groups -OCH3 is 1. The zero-order valence-corrected chi connectivity index (χ0v) is 12.7. The van der Waals surface area contributed by atoms with Crippen molar-refractivity contribution in [3.8, 4) is 5.75 Å². The van der Waals surface area contributed by atoms with Gasteiger partial charge in [0.25, 0.3) is 5.56 Å². The third-order valence-electron chi connectivity index (χ3n) is 3.16. The lowest BCUT2D eigenvalue weighted by molar-refractivity contribution is 0.151. The quantitative estimate of drug-likeness (QED) is 0.742. The van der Waals surface area contributed by atoms with Gasteiger partial charge < -0.3 is 25.0 Å². The van der Waals surface area contributed by atoms with Crippen LogP contribution in [0, 0.1) is 0 Å². The molecule has 0 aliphatic heterocycles. The minimum atomic E-state index is -0.876. The molecule has 0 fully saturated rings. The smallest absolute Gasteiger partial charge is 0.319 e. The van der Waals surface area contributed by atoms with Gasteiger partial charge in [0.1, 0.15) is 5.75 Å². The molecule has 0 saturated carbocycles. The number of hydrogen-bond donors (Lipinski definition) is 3. The van der Waals surface area contributed by atoms with Crippen LogP contribution in [-0.2, 0) is 6.54 Å². The topological polar surface area (TPSA) is 92.6 Å². The molecule has 23 heavy (non-hydrogen) atoms. The summed E-state index contributed by atoms with van der Waals surface area (Å²) < 4.78 is 6.51. The number of nitrogens with zero attached hydrogens (tertiary/aromatic N) is 1. The zero-order chi connectivity index (χ0) is 16.7. The van der Waals surface area contributed by atoms with E-state index in [4.69, 9.17) is 4.74 Å². The van der Waals surface area contributed by atoms with E-state index >= 15 is 0 Å². The highest BCUT2D eigenvalue weighted by molar-refractivity contribution is 5.90. The van der Waals surface area contributed by atoms with Crippen LogP contribution in [0.25, 0.3) is 0 Å². The molecule has 1 heterocycles. The van der Waals surface area contributed by atoms with Gasteiger partial charge in [-0.3, -0.25) is 4.79 Å². The van der Waals surface area contributed by atoms with Gasteiger partial charge >= 0.3 is 6.03 Å². The first-order chi connectivity index (χ1) is 11.1. The van der Waals surface area contributed by atoms with Crippen molar-refractivity contribution < 1.29 is 14.6 Å². The van der Waals surface area contributed by atoms with E-state index in [2.05, 4.69) is 10.6 Å². The normalized spacial score (nSPS) is 11.6. The highest BCUT2D eigenvalue weighted by atomic mass is 16.5. The maximum atomic E-state index is 11.8. The van der Waals surface area contributed by atoms with E-state index in [1.165, 1.54) is 17.7 Å². The zero-order valence-electron chi connectivity index (χ0n) is 12.7. The summed E-state index contributed by atoms with van der Waals surface area (Å²) >= 11 is 0. The van der Waals surface area contributed by atoms with E-state index in [0.717, 1.165) is 0 Å². The minimum absolute atomic E-state index is 0.0162. The molecule has 0 aliphatic rings. The van der Waals surface area contributed by atoms with Crippen LogP contribution in [0.5, 0.6) is 5.75 Å². The Hall–Kier alpha value is -2.80. The summed E-state index contributed by atoms with van der Waals surface area (Å²) in [6, 6.07) is 11.3. The number of pyridine rings is 1. The van der Waals surface area contributed by atoms with Gasteiger partial charge in [0, 0.05) is 18.8 Å². The molecular weight excluding hydrogens is 298 g/mol. The molecule has 0 aliphatic carbocycles. The Balaban J connectivity index is 1.84. The molecule has 2 aromatic rings. The molecular formula is C16H19N3O4. The summed E-state index contributed by atoms with van der Waals surface area (Å²) in [7, 11) is 1.51. The SMILES string of the molecule is COc1ccccc1NC(=O)NCC(O)Cn1ccccc1=O. The number of hydrogen-bond acceptors (Lipinski definition) is 4. The Morgan fingerprint density at radius 1 is 1.26 bits per heavy atom. The standard InChI is InChI=1S/C16H19N3O4/c1-23-14-7-3-2-6-13(14)18-16(22)17-10-12(20)11-19-9-5-4-8-15(19)21/h2-9,12,20H,10-11H2,1H3,(H2,17,18,22). The average Bonchev–Trinajstić information content (AvgIpc) is 2.55. The number of urea groups is 1. The summed E-state index contributed by atoms with van der Waals surface area (Å²) in [6.07, 6.45) is 0.707. The second kappa shape index (κ2) is 8.00. The van der Waals surface area contributed by atoms with E-state index in [1.54, 1.807) is 42.6 Å². The van der Waals surface area contributed by atoms with Crippen LogP contribution in [0.15, 0.2) is 53.5 Å². The van der Waals surface area contributed by atoms with E-state index in [9.17, 15) is 14.7 Å². The fourth-order valence-corrected chi connectivity index (χ4v) is 2.03. The van der Waals surface area contributed by atoms with Crippen molar-refractivity contribution in [1.29, 1.82) is 0 Å². The fraction of sp³-hybridized carbons (Fsp3) is 0.250. The van der Waals surface area contributed by atoms with Crippen LogP contribution in [0.4, 0.5) is 10.5 Å². The van der Waals surface area contributed by atoms with E-state index < -0.39 is 12.1 Å². The highest BCUT2D eigenvalue weighted by Crippen LogP contribution is 2.22. The third kappa shape index (κ3) is 4.86. The molecule has 0 bridgehead atoms. The first-order valence-corrected chi connectivity index (χ1v) is 7.11. The first-order valence-electron chi connectivity index (χ1n) is 7.11. The number of carbonyl (C=O) groups excluding carboxylic acids is 1. The van der Waals surface area contributed by atoms with Gasteiger partial charge in [-0.25, -0.2) is 4.79 Å². The molecule has 7 nitrogen and oxygen atoms in total. The lowest BCUT2D eigenvalue weighted by Crippen LogP contribution is -2.38. The van der Waals surface area contributed by atoms with Crippen molar-refractivity contribution in [1.82, 2.24) is 9.88 Å². The lowest BCUT2D eigenvalue weighted by Gasteiger charge is -2.14. The third-order valence-corrected chi connectivity index (χ3v) is 3.16. The van der Waals surface area contributed by atoms with Crippen molar-refractivity contribution in [2.75, 3.05) is 19.0 Å². The van der Waals surface area contributed by atoms with Crippen LogP contribution < -0.4 is 20.9 Å². The van der Waals surface area contributed by atoms with E-state index in [0.29, 0.717) is 11.4 Å². The number of para-hydroxylation sites is 2. The largest absolute Gasteiger partial charge is 0.495 e. The predicted molar refractivity (Wildman–Crippen MR) is 86.7 cm³/mol. The van der Waals surface area contributed by atoms with Crippen molar-refractivity contribution in [3.05, 3.63) is 59.0 Å². The lowest BCUT2D eigenvalue weighted by atomic mass is 10.3. The minimum Gasteiger partial charge on any atom is -0.495 e. The molecule has 122 valence electrons. The molecule has 2 rings (SSSR count). The Morgan fingerprint density at radius 3 is 2.74 bits per heavy atom. The number of aliphatic hydroxyl groups is 1. The van der Waals surface area contributed by atoms with Gasteiger partial charge in [0.15, 0.2) is 0 Å². The number of amides is 2. The van der Waals surface area contributed by atoms with Gasteiger partial charge in [-0.15, -0.1) is 0 Å². The maximum absolute atomic E-state index is 11.8. The van der Waals surface area contributed by atoms with Crippen molar-refractivity contribution in [2.24, 2.45) is 0 Å². The molecule has 0 saturated heterocycles. The van der Waals surface area contributed by atoms with Gasteiger partial charge in [0.05, 0.1) is 25.4 Å².